The maximum Gasteiger partial charge on any atom is 0.492 e. The van der Waals surface area contributed by atoms with Crippen molar-refractivity contribution in [1.82, 2.24) is 0 Å². The van der Waals surface area contributed by atoms with Gasteiger partial charge in [0.15, 0.2) is 12.4 Å². The van der Waals surface area contributed by atoms with E-state index in [1.54, 1.807) is 48.5 Å². The zero-order valence-electron chi connectivity index (χ0n) is 30.2. The summed E-state index contributed by atoms with van der Waals surface area (Å²) in [4.78, 5) is -0.319. The van der Waals surface area contributed by atoms with E-state index in [9.17, 15) is 33.4 Å². The highest BCUT2D eigenvalue weighted by molar-refractivity contribution is 7.85. The number of hydrogen-bond donors (Lipinski definition) is 4. The molecule has 7 aromatic rings. The van der Waals surface area contributed by atoms with Gasteiger partial charge in [-0.15, -0.1) is 9.13 Å². The Labute approximate surface area is 323 Å². The Morgan fingerprint density at radius 2 is 0.964 bits per heavy atom. The Kier molecular flexibility index (Phi) is 9.49. The molecule has 0 radical (unpaired) electrons. The smallest absolute Gasteiger partial charge is 0.492 e. The van der Waals surface area contributed by atoms with Crippen LogP contribution in [-0.4, -0.2) is 33.4 Å². The molecule has 0 fully saturated rings. The molecule has 8 rings (SSSR count). The van der Waals surface area contributed by atoms with Crippen molar-refractivity contribution >= 4 is 31.9 Å². The van der Waals surface area contributed by atoms with E-state index in [1.165, 1.54) is 12.1 Å². The number of nitrogens with zero attached hydrogens (tertiary/aromatic N) is 2. The van der Waals surface area contributed by atoms with Crippen molar-refractivity contribution in [3.63, 3.8) is 0 Å². The maximum absolute atomic E-state index is 11.8. The van der Waals surface area contributed by atoms with Crippen LogP contribution in [0.2, 0.25) is 0 Å². The van der Waals surface area contributed by atoms with Gasteiger partial charge in [-0.3, -0.25) is 0 Å². The van der Waals surface area contributed by atoms with E-state index in [0.29, 0.717) is 38.9 Å². The third-order valence-corrected chi connectivity index (χ3v) is 11.0. The summed E-state index contributed by atoms with van der Waals surface area (Å²) in [6.07, 6.45) is 3.86. The fourth-order valence-electron chi connectivity index (χ4n) is 7.45. The average Bonchev–Trinajstić information content (AvgIpc) is 3.51. The van der Waals surface area contributed by atoms with Crippen LogP contribution in [0.4, 0.5) is 0 Å². The molecular formula is C46H35N2O7S+. The average molecular weight is 760 g/mol. The van der Waals surface area contributed by atoms with Gasteiger partial charge in [0, 0.05) is 34.4 Å². The Morgan fingerprint density at radius 3 is 1.34 bits per heavy atom. The lowest BCUT2D eigenvalue weighted by atomic mass is 9.96. The summed E-state index contributed by atoms with van der Waals surface area (Å²) in [6, 6.07) is 32.7. The normalized spacial score (nSPS) is 12.8. The Bertz CT molecular complexity index is 2840. The summed E-state index contributed by atoms with van der Waals surface area (Å²) in [6.45, 7) is 1.10. The number of rotatable bonds is 7. The Hall–Kier alpha value is -6.21. The highest BCUT2D eigenvalue weighted by Crippen LogP contribution is 2.38. The molecule has 56 heavy (non-hydrogen) atoms. The van der Waals surface area contributed by atoms with Crippen LogP contribution in [-0.2, 0) is 42.2 Å². The van der Waals surface area contributed by atoms with Crippen molar-refractivity contribution in [2.24, 2.45) is 0 Å². The third kappa shape index (κ3) is 6.51. The lowest BCUT2D eigenvalue weighted by Gasteiger charge is -2.10. The van der Waals surface area contributed by atoms with E-state index in [2.05, 4.69) is 54.0 Å². The first-order valence-corrected chi connectivity index (χ1v) is 19.2. The summed E-state index contributed by atoms with van der Waals surface area (Å²) < 4.78 is 39.3. The molecule has 1 aliphatic heterocycles. The van der Waals surface area contributed by atoms with Crippen LogP contribution in [0.1, 0.15) is 38.9 Å². The van der Waals surface area contributed by atoms with Crippen LogP contribution in [0.25, 0.3) is 44.1 Å². The number of aliphatic hydroxyl groups is 4. The van der Waals surface area contributed by atoms with Crippen molar-refractivity contribution in [3.8, 4) is 45.9 Å². The summed E-state index contributed by atoms with van der Waals surface area (Å²) in [7, 11) is -4.64. The van der Waals surface area contributed by atoms with Crippen LogP contribution in [0.3, 0.4) is 0 Å². The molecule has 0 atom stereocenters. The molecule has 1 aliphatic rings. The van der Waals surface area contributed by atoms with Crippen LogP contribution in [0, 0.1) is 30.6 Å². The van der Waals surface area contributed by atoms with Gasteiger partial charge >= 0.3 is 5.66 Å². The first kappa shape index (κ1) is 36.8. The van der Waals surface area contributed by atoms with Crippen LogP contribution < -0.4 is 9.13 Å². The zero-order valence-corrected chi connectivity index (χ0v) is 31.0. The lowest BCUT2D eigenvalue weighted by molar-refractivity contribution is -0.923. The minimum Gasteiger partial charge on any atom is -0.744 e. The highest BCUT2D eigenvalue weighted by Gasteiger charge is 2.56. The topological polar surface area (TPSA) is 146 Å². The van der Waals surface area contributed by atoms with Gasteiger partial charge in [0.2, 0.25) is 0 Å². The summed E-state index contributed by atoms with van der Waals surface area (Å²) >= 11 is 0. The van der Waals surface area contributed by atoms with Gasteiger partial charge in [0.05, 0.1) is 53.9 Å². The molecule has 0 aliphatic carbocycles. The van der Waals surface area contributed by atoms with Crippen LogP contribution in [0.15, 0.2) is 126 Å². The van der Waals surface area contributed by atoms with Gasteiger partial charge in [0.1, 0.15) is 10.1 Å². The first-order chi connectivity index (χ1) is 27.0. The van der Waals surface area contributed by atoms with Gasteiger partial charge in [-0.2, -0.15) is 0 Å². The number of aryl methyl sites for hydroxylation is 1. The molecule has 0 saturated heterocycles. The van der Waals surface area contributed by atoms with Crippen molar-refractivity contribution < 1.29 is 42.5 Å². The minimum absolute atomic E-state index is 0.234. The molecule has 0 unspecified atom stereocenters. The zero-order chi connectivity index (χ0) is 39.2. The fourth-order valence-corrected chi connectivity index (χ4v) is 7.92. The first-order valence-electron chi connectivity index (χ1n) is 17.8. The number of aromatic nitrogens is 2. The molecule has 0 saturated carbocycles. The van der Waals surface area contributed by atoms with Crippen molar-refractivity contribution in [2.75, 3.05) is 0 Å². The third-order valence-electron chi connectivity index (χ3n) is 10.1. The number of aliphatic hydroxyl groups excluding tert-OH is 4. The van der Waals surface area contributed by atoms with E-state index in [1.807, 2.05) is 46.7 Å². The molecular weight excluding hydrogens is 725 g/mol. The maximum atomic E-state index is 11.8. The second-order valence-electron chi connectivity index (χ2n) is 13.8. The largest absolute Gasteiger partial charge is 0.744 e. The lowest BCUT2D eigenvalue weighted by Crippen LogP contribution is -2.68. The standard InChI is InChI=1S/C46H35N2O7S/c1-30-2-4-37(5-3-30)40-14-18-47-44-42(40)10-11-43-41(38-6-8-39(9-7-38)56(53,54)55)15-19-48(45(43)44)46(47,16-12-31-20-33(26-49)24-34(21-31)27-50)17-13-32-22-35(28-51)25-36(23-32)29-52/h2-11,14-15,18-25,49-52H,26-29H2,1H3/q+1. The number of hydrogen-bond acceptors (Lipinski definition) is 7. The molecule has 0 bridgehead atoms. The molecule has 3 heterocycles. The molecule has 9 nitrogen and oxygen atoms in total. The molecule has 10 heteroatoms. The van der Waals surface area contributed by atoms with E-state index in [4.69, 9.17) is 0 Å². The molecule has 0 amide bonds. The number of pyridine rings is 2. The predicted molar refractivity (Wildman–Crippen MR) is 209 cm³/mol. The van der Waals surface area contributed by atoms with Crippen molar-refractivity contribution in [1.29, 1.82) is 0 Å². The van der Waals surface area contributed by atoms with E-state index in [0.717, 1.165) is 44.1 Å². The van der Waals surface area contributed by atoms with E-state index < -0.39 is 15.8 Å². The number of benzene rings is 5. The minimum atomic E-state index is -4.64. The molecule has 2 aromatic heterocycles. The Balaban J connectivity index is 1.46. The summed E-state index contributed by atoms with van der Waals surface area (Å²) in [5, 5.41) is 41.8. The van der Waals surface area contributed by atoms with Gasteiger partial charge in [0.25, 0.3) is 11.0 Å². The second-order valence-corrected chi connectivity index (χ2v) is 15.2. The van der Waals surface area contributed by atoms with Gasteiger partial charge in [-0.05, 0) is 88.8 Å². The quantitative estimate of drug-likeness (QED) is 0.0798. The summed E-state index contributed by atoms with van der Waals surface area (Å²) in [5.74, 6) is 13.6. The molecule has 5 aromatic carbocycles. The Morgan fingerprint density at radius 1 is 0.571 bits per heavy atom. The SMILES string of the molecule is Cc1ccc(-c2cc[n+]3c4c2ccc2c(-c5ccc(S(=O)(=O)[O-])cc5)cc[n+](c24)C3(C#Cc2cc(CO)cc(CO)c2)C#Cc2cc(CO)cc(CO)c2)cc1. The highest BCUT2D eigenvalue weighted by atomic mass is 32.2. The van der Waals surface area contributed by atoms with Crippen LogP contribution >= 0.6 is 0 Å². The van der Waals surface area contributed by atoms with Gasteiger partial charge < -0.3 is 25.0 Å². The second kappa shape index (κ2) is 14.5. The van der Waals surface area contributed by atoms with Crippen molar-refractivity contribution in [3.05, 3.63) is 161 Å². The molecule has 276 valence electrons. The molecule has 0 spiro atoms. The predicted octanol–water partition coefficient (Wildman–Crippen LogP) is 4.70. The van der Waals surface area contributed by atoms with E-state index in [-0.39, 0.29) is 31.3 Å². The van der Waals surface area contributed by atoms with Crippen LogP contribution in [0.5, 0.6) is 0 Å². The van der Waals surface area contributed by atoms with E-state index >= 15 is 0 Å². The molecule has 4 N–H and O–H groups in total. The van der Waals surface area contributed by atoms with Crippen molar-refractivity contribution in [2.45, 2.75) is 43.9 Å². The summed E-state index contributed by atoms with van der Waals surface area (Å²) in [5.41, 5.74) is 8.42. The van der Waals surface area contributed by atoms with Gasteiger partial charge in [-0.25, -0.2) is 8.42 Å². The van der Waals surface area contributed by atoms with Gasteiger partial charge in [-0.1, -0.05) is 65.9 Å². The monoisotopic (exact) mass is 759 g/mol. The fraction of sp³-hybridized carbons (Fsp3) is 0.130.